The summed E-state index contributed by atoms with van der Waals surface area (Å²) >= 11 is 0. The fourth-order valence-electron chi connectivity index (χ4n) is 1.58. The van der Waals surface area contributed by atoms with Crippen LogP contribution in [0.15, 0.2) is 24.4 Å². The van der Waals surface area contributed by atoms with Crippen molar-refractivity contribution in [2.24, 2.45) is 0 Å². The van der Waals surface area contributed by atoms with Gasteiger partial charge in [0.05, 0.1) is 6.61 Å². The van der Waals surface area contributed by atoms with E-state index in [0.717, 1.165) is 0 Å². The Morgan fingerprint density at radius 3 is 2.74 bits per heavy atom. The van der Waals surface area contributed by atoms with Gasteiger partial charge in [-0.3, -0.25) is 25.4 Å². The zero-order chi connectivity index (χ0) is 13.9. The Kier molecular flexibility index (Phi) is 3.77. The van der Waals surface area contributed by atoms with Crippen LogP contribution < -0.4 is 10.9 Å². The molecule has 2 heterocycles. The van der Waals surface area contributed by atoms with Crippen LogP contribution in [-0.4, -0.2) is 35.3 Å². The number of nitrogens with one attached hydrogen (secondary N) is 2. The van der Waals surface area contributed by atoms with E-state index >= 15 is 0 Å². The molecule has 1 saturated heterocycles. The number of rotatable bonds is 2. The normalized spacial score (nSPS) is 20.8. The number of nitrogens with zero attached hydrogens (tertiary/aromatic N) is 1. The van der Waals surface area contributed by atoms with Gasteiger partial charge in [-0.05, 0) is 26.0 Å². The highest BCUT2D eigenvalue weighted by Crippen LogP contribution is 2.21. The van der Waals surface area contributed by atoms with E-state index < -0.39 is 23.7 Å². The summed E-state index contributed by atoms with van der Waals surface area (Å²) in [4.78, 5) is 27.2. The maximum Gasteiger partial charge on any atom is 0.288 e. The van der Waals surface area contributed by atoms with Crippen LogP contribution in [-0.2, 0) is 14.3 Å². The Hall–Kier alpha value is -1.99. The van der Waals surface area contributed by atoms with Gasteiger partial charge in [-0.1, -0.05) is 6.07 Å². The van der Waals surface area contributed by atoms with Crippen molar-refractivity contribution in [3.05, 3.63) is 30.1 Å². The summed E-state index contributed by atoms with van der Waals surface area (Å²) in [5.74, 6) is -1.74. The topological polar surface area (TPSA) is 89.6 Å². The number of hydrazine groups is 1. The molecule has 1 aliphatic heterocycles. The number of hydrogen-bond acceptors (Lipinski definition) is 5. The molecule has 0 aromatic carbocycles. The molecule has 0 spiro atoms. The molecule has 2 amide bonds. The zero-order valence-electron chi connectivity index (χ0n) is 10.7. The first kappa shape index (κ1) is 13.4. The van der Waals surface area contributed by atoms with Crippen LogP contribution in [0.3, 0.4) is 0 Å². The van der Waals surface area contributed by atoms with Crippen LogP contribution in [0.4, 0.5) is 0 Å². The minimum atomic E-state index is -0.785. The highest BCUT2D eigenvalue weighted by Gasteiger charge is 2.37. The Bertz CT molecular complexity index is 475. The van der Waals surface area contributed by atoms with Crippen molar-refractivity contribution in [2.45, 2.75) is 25.7 Å². The van der Waals surface area contributed by atoms with Crippen LogP contribution >= 0.6 is 0 Å². The van der Waals surface area contributed by atoms with E-state index in [1.54, 1.807) is 32.0 Å². The van der Waals surface area contributed by atoms with Gasteiger partial charge in [0.25, 0.3) is 11.8 Å². The molecule has 19 heavy (non-hydrogen) atoms. The fraction of sp³-hybridized carbons (Fsp3) is 0.417. The SMILES string of the molecule is CC1(C)OCC(C(=O)NNC(=O)c2ccccn2)O1. The third-order valence-corrected chi connectivity index (χ3v) is 2.50. The first-order valence-electron chi connectivity index (χ1n) is 5.81. The molecular weight excluding hydrogens is 250 g/mol. The minimum Gasteiger partial charge on any atom is -0.347 e. The highest BCUT2D eigenvalue weighted by molar-refractivity contribution is 5.94. The van der Waals surface area contributed by atoms with Gasteiger partial charge in [-0.15, -0.1) is 0 Å². The molecule has 2 N–H and O–H groups in total. The molecule has 0 bridgehead atoms. The average molecular weight is 265 g/mol. The van der Waals surface area contributed by atoms with Crippen LogP contribution in [0.25, 0.3) is 0 Å². The minimum absolute atomic E-state index is 0.151. The molecule has 1 unspecified atom stereocenters. The molecule has 1 aromatic heterocycles. The molecule has 1 aliphatic rings. The van der Waals surface area contributed by atoms with Crippen LogP contribution in [0.1, 0.15) is 24.3 Å². The number of ether oxygens (including phenoxy) is 2. The molecule has 102 valence electrons. The first-order valence-corrected chi connectivity index (χ1v) is 5.81. The van der Waals surface area contributed by atoms with E-state index in [0.29, 0.717) is 0 Å². The predicted octanol–water partition coefficient (Wildman–Crippen LogP) is -0.00590. The smallest absolute Gasteiger partial charge is 0.288 e. The van der Waals surface area contributed by atoms with Gasteiger partial charge in [0, 0.05) is 6.20 Å². The van der Waals surface area contributed by atoms with Gasteiger partial charge in [-0.2, -0.15) is 0 Å². The summed E-state index contributed by atoms with van der Waals surface area (Å²) in [6.07, 6.45) is 0.756. The molecule has 1 atom stereocenters. The maximum absolute atomic E-state index is 11.7. The largest absolute Gasteiger partial charge is 0.347 e. The summed E-state index contributed by atoms with van der Waals surface area (Å²) < 4.78 is 10.6. The molecule has 7 nitrogen and oxygen atoms in total. The second-order valence-corrected chi connectivity index (χ2v) is 4.48. The molecule has 2 rings (SSSR count). The molecule has 1 aromatic rings. The van der Waals surface area contributed by atoms with E-state index in [1.807, 2.05) is 0 Å². The molecule has 1 fully saturated rings. The summed E-state index contributed by atoms with van der Waals surface area (Å²) in [5.41, 5.74) is 4.76. The number of hydrogen-bond donors (Lipinski definition) is 2. The monoisotopic (exact) mass is 265 g/mol. The third-order valence-electron chi connectivity index (χ3n) is 2.50. The van der Waals surface area contributed by atoms with Gasteiger partial charge in [0.1, 0.15) is 5.69 Å². The Morgan fingerprint density at radius 1 is 1.37 bits per heavy atom. The van der Waals surface area contributed by atoms with Crippen LogP contribution in [0.5, 0.6) is 0 Å². The predicted molar refractivity (Wildman–Crippen MR) is 64.7 cm³/mol. The lowest BCUT2D eigenvalue weighted by molar-refractivity contribution is -0.153. The summed E-state index contributed by atoms with van der Waals surface area (Å²) in [6, 6.07) is 4.92. The quantitative estimate of drug-likeness (QED) is 0.734. The average Bonchev–Trinajstić information content (AvgIpc) is 2.77. The standard InChI is InChI=1S/C12H15N3O4/c1-12(2)18-7-9(19-12)11(17)15-14-10(16)8-5-3-4-6-13-8/h3-6,9H,7H2,1-2H3,(H,14,16)(H,15,17). The lowest BCUT2D eigenvalue weighted by Gasteiger charge is -2.16. The lowest BCUT2D eigenvalue weighted by atomic mass is 10.3. The van der Waals surface area contributed by atoms with Gasteiger partial charge in [0.15, 0.2) is 11.9 Å². The summed E-state index contributed by atoms with van der Waals surface area (Å²) in [6.45, 7) is 3.58. The second kappa shape index (κ2) is 5.33. The van der Waals surface area contributed by atoms with E-state index in [-0.39, 0.29) is 12.3 Å². The van der Waals surface area contributed by atoms with E-state index in [1.165, 1.54) is 6.20 Å². The summed E-state index contributed by atoms with van der Waals surface area (Å²) in [7, 11) is 0. The van der Waals surface area contributed by atoms with Gasteiger partial charge in [0.2, 0.25) is 0 Å². The second-order valence-electron chi connectivity index (χ2n) is 4.48. The van der Waals surface area contributed by atoms with Crippen molar-refractivity contribution in [1.82, 2.24) is 15.8 Å². The number of amides is 2. The van der Waals surface area contributed by atoms with Crippen LogP contribution in [0, 0.1) is 0 Å². The van der Waals surface area contributed by atoms with Crippen molar-refractivity contribution >= 4 is 11.8 Å². The molecule has 0 saturated carbocycles. The number of carbonyl (C=O) groups is 2. The Morgan fingerprint density at radius 2 is 2.16 bits per heavy atom. The zero-order valence-corrected chi connectivity index (χ0v) is 10.7. The van der Waals surface area contributed by atoms with Crippen molar-refractivity contribution in [2.75, 3.05) is 6.61 Å². The fourth-order valence-corrected chi connectivity index (χ4v) is 1.58. The molecule has 7 heteroatoms. The number of pyridine rings is 1. The molecule has 0 radical (unpaired) electrons. The van der Waals surface area contributed by atoms with Crippen molar-refractivity contribution in [1.29, 1.82) is 0 Å². The van der Waals surface area contributed by atoms with E-state index in [4.69, 9.17) is 9.47 Å². The van der Waals surface area contributed by atoms with Crippen molar-refractivity contribution in [3.63, 3.8) is 0 Å². The maximum atomic E-state index is 11.7. The molecule has 0 aliphatic carbocycles. The van der Waals surface area contributed by atoms with E-state index in [2.05, 4.69) is 15.8 Å². The first-order chi connectivity index (χ1) is 8.98. The van der Waals surface area contributed by atoms with Gasteiger partial charge in [-0.25, -0.2) is 0 Å². The number of aromatic nitrogens is 1. The summed E-state index contributed by atoms with van der Waals surface area (Å²) in [5, 5.41) is 0. The molecular formula is C12H15N3O4. The Labute approximate surface area is 110 Å². The van der Waals surface area contributed by atoms with Gasteiger partial charge >= 0.3 is 0 Å². The third kappa shape index (κ3) is 3.49. The Balaban J connectivity index is 1.83. The van der Waals surface area contributed by atoms with E-state index in [9.17, 15) is 9.59 Å². The van der Waals surface area contributed by atoms with Crippen molar-refractivity contribution < 1.29 is 19.1 Å². The number of carbonyl (C=O) groups excluding carboxylic acids is 2. The van der Waals surface area contributed by atoms with Gasteiger partial charge < -0.3 is 9.47 Å². The van der Waals surface area contributed by atoms with Crippen molar-refractivity contribution in [3.8, 4) is 0 Å². The van der Waals surface area contributed by atoms with Crippen LogP contribution in [0.2, 0.25) is 0 Å². The lowest BCUT2D eigenvalue weighted by Crippen LogP contribution is -2.47. The highest BCUT2D eigenvalue weighted by atomic mass is 16.7.